The number of nitrogens with zero attached hydrogens (tertiary/aromatic N) is 2. The minimum absolute atomic E-state index is 0.0384. The zero-order valence-corrected chi connectivity index (χ0v) is 18.5. The number of ether oxygens (including phenoxy) is 1. The minimum Gasteiger partial charge on any atom is -0.497 e. The van der Waals surface area contributed by atoms with Crippen molar-refractivity contribution in [2.75, 3.05) is 20.2 Å². The van der Waals surface area contributed by atoms with E-state index in [-0.39, 0.29) is 16.7 Å². The van der Waals surface area contributed by atoms with Crippen LogP contribution in [0.4, 0.5) is 0 Å². The number of rotatable bonds is 8. The summed E-state index contributed by atoms with van der Waals surface area (Å²) in [6, 6.07) is 7.56. The third kappa shape index (κ3) is 5.20. The molecule has 1 aromatic carbocycles. The van der Waals surface area contributed by atoms with Crippen LogP contribution in [0.1, 0.15) is 42.7 Å². The van der Waals surface area contributed by atoms with Gasteiger partial charge in [0.25, 0.3) is 0 Å². The monoisotopic (exact) mass is 435 g/mol. The quantitative estimate of drug-likeness (QED) is 0.684. The molecule has 0 bridgehead atoms. The van der Waals surface area contributed by atoms with Gasteiger partial charge in [-0.2, -0.15) is 4.31 Å². The zero-order chi connectivity index (χ0) is 21.7. The topological polar surface area (TPSA) is 102 Å². The fourth-order valence-electron chi connectivity index (χ4n) is 3.86. The number of benzene rings is 1. The molecular weight excluding hydrogens is 406 g/mol. The third-order valence-electron chi connectivity index (χ3n) is 5.45. The van der Waals surface area contributed by atoms with Crippen LogP contribution in [-0.2, 0) is 21.4 Å². The van der Waals surface area contributed by atoms with Gasteiger partial charge >= 0.3 is 0 Å². The maximum absolute atomic E-state index is 13.0. The molecule has 9 heteroatoms. The summed E-state index contributed by atoms with van der Waals surface area (Å²) < 4.78 is 37.8. The van der Waals surface area contributed by atoms with Crippen LogP contribution < -0.4 is 10.1 Å². The Morgan fingerprint density at radius 2 is 2.17 bits per heavy atom. The van der Waals surface area contributed by atoms with Crippen LogP contribution >= 0.6 is 0 Å². The van der Waals surface area contributed by atoms with E-state index < -0.39 is 10.0 Å². The lowest BCUT2D eigenvalue weighted by Crippen LogP contribution is -2.40. The average molecular weight is 436 g/mol. The van der Waals surface area contributed by atoms with E-state index in [1.54, 1.807) is 21.0 Å². The van der Waals surface area contributed by atoms with Crippen molar-refractivity contribution >= 4 is 15.9 Å². The molecule has 0 spiro atoms. The van der Waals surface area contributed by atoms with E-state index in [0.717, 1.165) is 24.2 Å². The first-order valence-electron chi connectivity index (χ1n) is 10.1. The molecule has 3 rings (SSSR count). The number of amides is 1. The van der Waals surface area contributed by atoms with Crippen molar-refractivity contribution < 1.29 is 22.5 Å². The second-order valence-electron chi connectivity index (χ2n) is 7.69. The van der Waals surface area contributed by atoms with Gasteiger partial charge in [0.1, 0.15) is 16.3 Å². The summed E-state index contributed by atoms with van der Waals surface area (Å²) in [5.41, 5.74) is 1.35. The van der Waals surface area contributed by atoms with Gasteiger partial charge < -0.3 is 14.6 Å². The second kappa shape index (κ2) is 9.61. The Bertz CT molecular complexity index is 967. The van der Waals surface area contributed by atoms with Gasteiger partial charge in [-0.15, -0.1) is 0 Å². The Hall–Kier alpha value is -2.39. The van der Waals surface area contributed by atoms with Crippen LogP contribution in [0.15, 0.2) is 33.7 Å². The Kier molecular flexibility index (Phi) is 7.14. The summed E-state index contributed by atoms with van der Waals surface area (Å²) in [7, 11) is -2.03. The van der Waals surface area contributed by atoms with Gasteiger partial charge in [0.05, 0.1) is 7.11 Å². The summed E-state index contributed by atoms with van der Waals surface area (Å²) >= 11 is 0. The van der Waals surface area contributed by atoms with E-state index in [9.17, 15) is 13.2 Å². The molecule has 0 unspecified atom stereocenters. The molecule has 1 atom stereocenters. The Labute approximate surface area is 177 Å². The van der Waals surface area contributed by atoms with E-state index >= 15 is 0 Å². The molecule has 30 heavy (non-hydrogen) atoms. The van der Waals surface area contributed by atoms with E-state index in [1.165, 1.54) is 4.31 Å². The highest BCUT2D eigenvalue weighted by Crippen LogP contribution is 2.29. The Morgan fingerprint density at radius 1 is 1.37 bits per heavy atom. The Morgan fingerprint density at radius 3 is 2.87 bits per heavy atom. The molecule has 1 N–H and O–H groups in total. The molecule has 0 radical (unpaired) electrons. The number of aryl methyl sites for hydroxylation is 2. The number of hydrogen-bond acceptors (Lipinski definition) is 6. The molecular formula is C21H29N3O5S. The molecule has 1 saturated heterocycles. The van der Waals surface area contributed by atoms with Crippen molar-refractivity contribution in [2.45, 2.75) is 51.0 Å². The number of hydrogen-bond donors (Lipinski definition) is 1. The fraction of sp³-hybridized carbons (Fsp3) is 0.524. The molecule has 8 nitrogen and oxygen atoms in total. The maximum Gasteiger partial charge on any atom is 0.248 e. The zero-order valence-electron chi connectivity index (χ0n) is 17.7. The molecule has 1 aliphatic rings. The number of carbonyl (C=O) groups excluding carboxylic acids is 1. The van der Waals surface area contributed by atoms with Crippen molar-refractivity contribution in [3.63, 3.8) is 0 Å². The van der Waals surface area contributed by atoms with E-state index in [0.29, 0.717) is 43.9 Å². The number of nitrogens with one attached hydrogen (secondary N) is 1. The van der Waals surface area contributed by atoms with Crippen LogP contribution in [-0.4, -0.2) is 44.0 Å². The highest BCUT2D eigenvalue weighted by atomic mass is 32.2. The number of methoxy groups -OCH3 is 1. The summed E-state index contributed by atoms with van der Waals surface area (Å²) in [5, 5.41) is 6.69. The van der Waals surface area contributed by atoms with Crippen molar-refractivity contribution in [2.24, 2.45) is 5.92 Å². The van der Waals surface area contributed by atoms with Crippen LogP contribution in [0.3, 0.4) is 0 Å². The van der Waals surface area contributed by atoms with Gasteiger partial charge in [0.15, 0.2) is 5.76 Å². The first-order chi connectivity index (χ1) is 14.3. The van der Waals surface area contributed by atoms with E-state index in [2.05, 4.69) is 10.5 Å². The van der Waals surface area contributed by atoms with Gasteiger partial charge in [-0.3, -0.25) is 4.79 Å². The lowest BCUT2D eigenvalue weighted by atomic mass is 9.94. The first kappa shape index (κ1) is 22.3. The van der Waals surface area contributed by atoms with Gasteiger partial charge in [0.2, 0.25) is 15.9 Å². The SMILES string of the molecule is COc1cccc(CNC(=O)CC[C@H]2CCCN(S(=O)(=O)c3c(C)noc3C)C2)c1. The average Bonchev–Trinajstić information content (AvgIpc) is 3.09. The van der Waals surface area contributed by atoms with Crippen LogP contribution in [0.5, 0.6) is 5.75 Å². The van der Waals surface area contributed by atoms with E-state index in [1.807, 2.05) is 24.3 Å². The lowest BCUT2D eigenvalue weighted by molar-refractivity contribution is -0.121. The number of sulfonamides is 1. The summed E-state index contributed by atoms with van der Waals surface area (Å²) in [6.07, 6.45) is 2.71. The molecule has 1 aliphatic heterocycles. The van der Waals surface area contributed by atoms with Crippen molar-refractivity contribution in [3.8, 4) is 5.75 Å². The Balaban J connectivity index is 1.52. The fourth-order valence-corrected chi connectivity index (χ4v) is 5.71. The predicted octanol–water partition coefficient (Wildman–Crippen LogP) is 2.80. The second-order valence-corrected chi connectivity index (χ2v) is 9.57. The molecule has 1 fully saturated rings. The smallest absolute Gasteiger partial charge is 0.248 e. The number of carbonyl (C=O) groups is 1. The molecule has 2 heterocycles. The molecule has 1 aromatic heterocycles. The minimum atomic E-state index is -3.64. The van der Waals surface area contributed by atoms with Crippen LogP contribution in [0, 0.1) is 19.8 Å². The normalized spacial score (nSPS) is 17.6. The molecule has 1 amide bonds. The molecule has 164 valence electrons. The van der Waals surface area contributed by atoms with Gasteiger partial charge in [0, 0.05) is 26.1 Å². The van der Waals surface area contributed by atoms with Crippen molar-refractivity contribution in [1.29, 1.82) is 0 Å². The van der Waals surface area contributed by atoms with Gasteiger partial charge in [-0.05, 0) is 56.7 Å². The first-order valence-corrected chi connectivity index (χ1v) is 11.6. The highest BCUT2D eigenvalue weighted by molar-refractivity contribution is 7.89. The molecule has 0 aliphatic carbocycles. The number of piperidine rings is 1. The van der Waals surface area contributed by atoms with Gasteiger partial charge in [-0.1, -0.05) is 17.3 Å². The largest absolute Gasteiger partial charge is 0.497 e. The van der Waals surface area contributed by atoms with Crippen molar-refractivity contribution in [1.82, 2.24) is 14.8 Å². The summed E-state index contributed by atoms with van der Waals surface area (Å²) in [6.45, 7) is 4.58. The summed E-state index contributed by atoms with van der Waals surface area (Å²) in [4.78, 5) is 12.4. The number of aromatic nitrogens is 1. The molecule has 2 aromatic rings. The lowest BCUT2D eigenvalue weighted by Gasteiger charge is -2.31. The van der Waals surface area contributed by atoms with E-state index in [4.69, 9.17) is 9.26 Å². The van der Waals surface area contributed by atoms with Crippen LogP contribution in [0.25, 0.3) is 0 Å². The standard InChI is InChI=1S/C21H29N3O5S/c1-15-21(16(2)29-23-15)30(26,27)24-11-5-7-17(14-24)9-10-20(25)22-13-18-6-4-8-19(12-18)28-3/h4,6,8,12,17H,5,7,9-11,13-14H2,1-3H3,(H,22,25)/t17-/m1/s1. The predicted molar refractivity (Wildman–Crippen MR) is 112 cm³/mol. The van der Waals surface area contributed by atoms with Gasteiger partial charge in [-0.25, -0.2) is 8.42 Å². The third-order valence-corrected chi connectivity index (χ3v) is 7.56. The van der Waals surface area contributed by atoms with Crippen LogP contribution in [0.2, 0.25) is 0 Å². The molecule has 0 saturated carbocycles. The summed E-state index contributed by atoms with van der Waals surface area (Å²) in [5.74, 6) is 1.18. The maximum atomic E-state index is 13.0. The van der Waals surface area contributed by atoms with Crippen molar-refractivity contribution in [3.05, 3.63) is 41.3 Å². The highest BCUT2D eigenvalue weighted by Gasteiger charge is 2.34.